The van der Waals surface area contributed by atoms with Gasteiger partial charge in [-0.05, 0) is 20.0 Å². The summed E-state index contributed by atoms with van der Waals surface area (Å²) in [5, 5.41) is 20.6. The molecule has 3 N–H and O–H groups in total. The van der Waals surface area contributed by atoms with E-state index in [0.717, 1.165) is 0 Å². The molecule has 0 spiro atoms. The van der Waals surface area contributed by atoms with Crippen molar-refractivity contribution in [3.05, 3.63) is 29.6 Å². The average molecular weight is 243 g/mol. The smallest absolute Gasteiger partial charge is 0.131 e. The summed E-state index contributed by atoms with van der Waals surface area (Å²) < 4.78 is 18.8. The molecule has 1 rings (SSSR count). The van der Waals surface area contributed by atoms with Gasteiger partial charge in [0.15, 0.2) is 0 Å². The zero-order valence-corrected chi connectivity index (χ0v) is 9.98. The van der Waals surface area contributed by atoms with E-state index in [-0.39, 0.29) is 25.1 Å². The molecular formula is C12H18FNO3. The number of aliphatic hydroxyl groups excluding tert-OH is 2. The molecule has 17 heavy (non-hydrogen) atoms. The summed E-state index contributed by atoms with van der Waals surface area (Å²) in [5.74, 6) is -0.0232. The van der Waals surface area contributed by atoms with Crippen LogP contribution < -0.4 is 10.1 Å². The van der Waals surface area contributed by atoms with Gasteiger partial charge in [-0.3, -0.25) is 0 Å². The molecule has 2 unspecified atom stereocenters. The van der Waals surface area contributed by atoms with E-state index in [2.05, 4.69) is 5.32 Å². The molecule has 0 heterocycles. The number of ether oxygens (including phenoxy) is 1. The summed E-state index contributed by atoms with van der Waals surface area (Å²) in [7, 11) is 1.76. The Bertz CT molecular complexity index is 360. The number of nitrogens with one attached hydrogen (secondary N) is 1. The van der Waals surface area contributed by atoms with Crippen LogP contribution in [0.2, 0.25) is 0 Å². The van der Waals surface area contributed by atoms with Crippen molar-refractivity contribution in [2.45, 2.75) is 19.1 Å². The highest BCUT2D eigenvalue weighted by molar-refractivity contribution is 5.30. The summed E-state index contributed by atoms with van der Waals surface area (Å²) in [6.45, 7) is 1.42. The summed E-state index contributed by atoms with van der Waals surface area (Å²) in [6.07, 6.45) is -0.950. The molecule has 96 valence electrons. The summed E-state index contributed by atoms with van der Waals surface area (Å²) in [4.78, 5) is 0. The maximum Gasteiger partial charge on any atom is 0.131 e. The van der Waals surface area contributed by atoms with Crippen LogP contribution in [0.15, 0.2) is 18.2 Å². The number of halogens is 1. The van der Waals surface area contributed by atoms with Crippen molar-refractivity contribution in [2.24, 2.45) is 0 Å². The van der Waals surface area contributed by atoms with Gasteiger partial charge in [0, 0.05) is 17.7 Å². The summed E-state index contributed by atoms with van der Waals surface area (Å²) in [5.41, 5.74) is 0.558. The van der Waals surface area contributed by atoms with Crippen LogP contribution in [0.25, 0.3) is 0 Å². The first-order valence-corrected chi connectivity index (χ1v) is 5.47. The first kappa shape index (κ1) is 13.9. The van der Waals surface area contributed by atoms with Gasteiger partial charge in [0.25, 0.3) is 0 Å². The van der Waals surface area contributed by atoms with Crippen molar-refractivity contribution in [2.75, 3.05) is 20.3 Å². The zero-order chi connectivity index (χ0) is 12.8. The average Bonchev–Trinajstić information content (AvgIpc) is 2.35. The minimum Gasteiger partial charge on any atom is -0.491 e. The SMILES string of the molecule is CNC(C)c1ccc(OCC(O)CO)cc1F. The van der Waals surface area contributed by atoms with E-state index >= 15 is 0 Å². The maximum atomic E-state index is 13.7. The van der Waals surface area contributed by atoms with Crippen LogP contribution in [0.3, 0.4) is 0 Å². The van der Waals surface area contributed by atoms with Gasteiger partial charge in [-0.2, -0.15) is 0 Å². The minimum atomic E-state index is -0.950. The molecule has 1 aromatic carbocycles. The van der Waals surface area contributed by atoms with E-state index in [1.807, 2.05) is 6.92 Å². The first-order chi connectivity index (χ1) is 8.08. The monoisotopic (exact) mass is 243 g/mol. The molecule has 1 aromatic rings. The number of benzene rings is 1. The second-order valence-electron chi connectivity index (χ2n) is 3.84. The lowest BCUT2D eigenvalue weighted by Gasteiger charge is -2.14. The molecule has 4 nitrogen and oxygen atoms in total. The van der Waals surface area contributed by atoms with Gasteiger partial charge in [-0.1, -0.05) is 6.07 Å². The molecule has 0 aliphatic heterocycles. The molecule has 0 fully saturated rings. The van der Waals surface area contributed by atoms with Gasteiger partial charge >= 0.3 is 0 Å². The molecule has 2 atom stereocenters. The van der Waals surface area contributed by atoms with Crippen molar-refractivity contribution >= 4 is 0 Å². The van der Waals surface area contributed by atoms with Crippen molar-refractivity contribution < 1.29 is 19.3 Å². The predicted octanol–water partition coefficient (Wildman–Crippen LogP) is 0.838. The van der Waals surface area contributed by atoms with Crippen molar-refractivity contribution in [1.82, 2.24) is 5.32 Å². The maximum absolute atomic E-state index is 13.7. The Morgan fingerprint density at radius 1 is 1.47 bits per heavy atom. The molecule has 0 saturated carbocycles. The van der Waals surface area contributed by atoms with Crippen LogP contribution in [0.1, 0.15) is 18.5 Å². The normalized spacial score (nSPS) is 14.4. The fourth-order valence-electron chi connectivity index (χ4n) is 1.35. The van der Waals surface area contributed by atoms with Crippen LogP contribution >= 0.6 is 0 Å². The van der Waals surface area contributed by atoms with Crippen LogP contribution in [0.4, 0.5) is 4.39 Å². The highest BCUT2D eigenvalue weighted by Gasteiger charge is 2.10. The van der Waals surface area contributed by atoms with Crippen molar-refractivity contribution in [1.29, 1.82) is 0 Å². The quantitative estimate of drug-likeness (QED) is 0.693. The van der Waals surface area contributed by atoms with E-state index in [0.29, 0.717) is 11.3 Å². The van der Waals surface area contributed by atoms with Crippen LogP contribution in [0, 0.1) is 5.82 Å². The fourth-order valence-corrected chi connectivity index (χ4v) is 1.35. The minimum absolute atomic E-state index is 0.0587. The Kier molecular flexibility index (Phi) is 5.34. The van der Waals surface area contributed by atoms with E-state index in [9.17, 15) is 4.39 Å². The third kappa shape index (κ3) is 3.96. The number of aliphatic hydroxyl groups is 2. The third-order valence-corrected chi connectivity index (χ3v) is 2.52. The van der Waals surface area contributed by atoms with Crippen molar-refractivity contribution in [3.8, 4) is 5.75 Å². The number of rotatable bonds is 6. The molecule has 0 amide bonds. The van der Waals surface area contributed by atoms with E-state index < -0.39 is 6.10 Å². The lowest BCUT2D eigenvalue weighted by atomic mass is 10.1. The highest BCUT2D eigenvalue weighted by Crippen LogP contribution is 2.21. The van der Waals surface area contributed by atoms with Gasteiger partial charge in [0.1, 0.15) is 24.3 Å². The second-order valence-corrected chi connectivity index (χ2v) is 3.84. The third-order valence-electron chi connectivity index (χ3n) is 2.52. The van der Waals surface area contributed by atoms with Gasteiger partial charge < -0.3 is 20.3 Å². The Hall–Kier alpha value is -1.17. The molecule has 0 aliphatic carbocycles. The Morgan fingerprint density at radius 2 is 2.18 bits per heavy atom. The standard InChI is InChI=1S/C12H18FNO3/c1-8(14-2)11-4-3-10(5-12(11)13)17-7-9(16)6-15/h3-5,8-9,14-16H,6-7H2,1-2H3. The molecule has 0 bridgehead atoms. The van der Waals surface area contributed by atoms with Crippen LogP contribution in [-0.4, -0.2) is 36.6 Å². The highest BCUT2D eigenvalue weighted by atomic mass is 19.1. The molecule has 5 heteroatoms. The van der Waals surface area contributed by atoms with Crippen molar-refractivity contribution in [3.63, 3.8) is 0 Å². The molecular weight excluding hydrogens is 225 g/mol. The Labute approximate surface area is 100 Å². The number of hydrogen-bond acceptors (Lipinski definition) is 4. The Balaban J connectivity index is 2.68. The largest absolute Gasteiger partial charge is 0.491 e. The van der Waals surface area contributed by atoms with E-state index in [4.69, 9.17) is 14.9 Å². The second kappa shape index (κ2) is 6.54. The van der Waals surface area contributed by atoms with Gasteiger partial charge in [-0.25, -0.2) is 4.39 Å². The van der Waals surface area contributed by atoms with Gasteiger partial charge in [-0.15, -0.1) is 0 Å². The van der Waals surface area contributed by atoms with Gasteiger partial charge in [0.2, 0.25) is 0 Å². The lowest BCUT2D eigenvalue weighted by molar-refractivity contribution is 0.0535. The van der Waals surface area contributed by atoms with Crippen LogP contribution in [-0.2, 0) is 0 Å². The molecule has 0 saturated heterocycles. The summed E-state index contributed by atoms with van der Waals surface area (Å²) in [6, 6.07) is 4.47. The van der Waals surface area contributed by atoms with Crippen LogP contribution in [0.5, 0.6) is 5.75 Å². The van der Waals surface area contributed by atoms with E-state index in [1.54, 1.807) is 19.2 Å². The predicted molar refractivity (Wildman–Crippen MR) is 62.5 cm³/mol. The molecule has 0 aliphatic rings. The van der Waals surface area contributed by atoms with E-state index in [1.165, 1.54) is 6.07 Å². The summed E-state index contributed by atoms with van der Waals surface area (Å²) >= 11 is 0. The lowest BCUT2D eigenvalue weighted by Crippen LogP contribution is -2.21. The fraction of sp³-hybridized carbons (Fsp3) is 0.500. The topological polar surface area (TPSA) is 61.7 Å². The molecule has 0 radical (unpaired) electrons. The number of hydrogen-bond donors (Lipinski definition) is 3. The first-order valence-electron chi connectivity index (χ1n) is 5.47. The molecule has 0 aromatic heterocycles. The zero-order valence-electron chi connectivity index (χ0n) is 9.98. The Morgan fingerprint density at radius 3 is 2.71 bits per heavy atom. The van der Waals surface area contributed by atoms with Gasteiger partial charge in [0.05, 0.1) is 6.61 Å².